The summed E-state index contributed by atoms with van der Waals surface area (Å²) in [5.74, 6) is -0.321. The molecule has 0 heterocycles. The Kier molecular flexibility index (Phi) is 5.51. The van der Waals surface area contributed by atoms with E-state index in [4.69, 9.17) is 0 Å². The number of likely N-dealkylation sites (N-methyl/N-ethyl adjacent to an activating group) is 1. The van der Waals surface area contributed by atoms with Crippen molar-refractivity contribution in [3.05, 3.63) is 28.7 Å². The lowest BCUT2D eigenvalue weighted by Gasteiger charge is -2.17. The molecule has 0 aliphatic rings. The van der Waals surface area contributed by atoms with Crippen LogP contribution < -0.4 is 5.32 Å². The van der Waals surface area contributed by atoms with Gasteiger partial charge in [-0.25, -0.2) is 8.42 Å². The van der Waals surface area contributed by atoms with Crippen LogP contribution in [0, 0.1) is 0 Å². The van der Waals surface area contributed by atoms with E-state index in [1.54, 1.807) is 12.1 Å². The van der Waals surface area contributed by atoms with E-state index in [0.29, 0.717) is 0 Å². The Balaban J connectivity index is 2.83. The molecule has 1 N–H and O–H groups in total. The Morgan fingerprint density at radius 3 is 2.32 bits per heavy atom. The molecule has 0 saturated heterocycles. The van der Waals surface area contributed by atoms with Crippen molar-refractivity contribution in [2.75, 3.05) is 13.6 Å². The first-order valence-electron chi connectivity index (χ1n) is 5.74. The molecule has 0 radical (unpaired) electrons. The van der Waals surface area contributed by atoms with Gasteiger partial charge in [-0.15, -0.1) is 0 Å². The van der Waals surface area contributed by atoms with Crippen LogP contribution >= 0.6 is 15.9 Å². The molecule has 1 rings (SSSR count). The molecule has 19 heavy (non-hydrogen) atoms. The zero-order valence-corrected chi connectivity index (χ0v) is 13.5. The fourth-order valence-corrected chi connectivity index (χ4v) is 2.83. The molecule has 106 valence electrons. The first kappa shape index (κ1) is 16.1. The van der Waals surface area contributed by atoms with Crippen LogP contribution in [0.3, 0.4) is 0 Å². The summed E-state index contributed by atoms with van der Waals surface area (Å²) >= 11 is 3.24. The molecule has 1 aromatic carbocycles. The van der Waals surface area contributed by atoms with E-state index in [-0.39, 0.29) is 23.4 Å². The molecule has 0 saturated carbocycles. The Hall–Kier alpha value is -0.920. The van der Waals surface area contributed by atoms with Gasteiger partial charge in [0.05, 0.1) is 11.4 Å². The van der Waals surface area contributed by atoms with Crippen molar-refractivity contribution in [3.63, 3.8) is 0 Å². The van der Waals surface area contributed by atoms with Gasteiger partial charge in [0, 0.05) is 17.6 Å². The molecule has 0 spiro atoms. The fraction of sp³-hybridized carbons (Fsp3) is 0.417. The van der Waals surface area contributed by atoms with E-state index < -0.39 is 10.0 Å². The Morgan fingerprint density at radius 1 is 1.32 bits per heavy atom. The number of sulfonamides is 1. The highest BCUT2D eigenvalue weighted by atomic mass is 79.9. The van der Waals surface area contributed by atoms with E-state index in [2.05, 4.69) is 21.2 Å². The highest BCUT2D eigenvalue weighted by molar-refractivity contribution is 9.10. The van der Waals surface area contributed by atoms with Crippen LogP contribution in [0.1, 0.15) is 13.8 Å². The van der Waals surface area contributed by atoms with Crippen molar-refractivity contribution < 1.29 is 13.2 Å². The molecule has 0 atom stereocenters. The average Bonchev–Trinajstić information content (AvgIpc) is 2.28. The number of benzene rings is 1. The van der Waals surface area contributed by atoms with Gasteiger partial charge in [0.15, 0.2) is 0 Å². The molecular weight excluding hydrogens is 332 g/mol. The minimum Gasteiger partial charge on any atom is -0.353 e. The van der Waals surface area contributed by atoms with E-state index >= 15 is 0 Å². The number of hydrogen-bond donors (Lipinski definition) is 1. The summed E-state index contributed by atoms with van der Waals surface area (Å²) in [7, 11) is -2.25. The second kappa shape index (κ2) is 6.49. The molecule has 0 aromatic heterocycles. The summed E-state index contributed by atoms with van der Waals surface area (Å²) in [5.41, 5.74) is 0. The van der Waals surface area contributed by atoms with Crippen molar-refractivity contribution >= 4 is 31.9 Å². The third-order valence-electron chi connectivity index (χ3n) is 2.34. The van der Waals surface area contributed by atoms with E-state index in [1.165, 1.54) is 19.2 Å². The van der Waals surface area contributed by atoms with Crippen LogP contribution in [0.4, 0.5) is 0 Å². The van der Waals surface area contributed by atoms with Crippen LogP contribution in [0.2, 0.25) is 0 Å². The summed E-state index contributed by atoms with van der Waals surface area (Å²) in [6, 6.07) is 6.27. The number of rotatable bonds is 5. The summed E-state index contributed by atoms with van der Waals surface area (Å²) in [4.78, 5) is 11.7. The Labute approximate surface area is 122 Å². The number of hydrogen-bond acceptors (Lipinski definition) is 3. The topological polar surface area (TPSA) is 66.5 Å². The van der Waals surface area contributed by atoms with E-state index in [1.807, 2.05) is 13.8 Å². The predicted molar refractivity (Wildman–Crippen MR) is 77.2 cm³/mol. The monoisotopic (exact) mass is 348 g/mol. The van der Waals surface area contributed by atoms with Crippen LogP contribution in [0.5, 0.6) is 0 Å². The molecule has 0 aliphatic heterocycles. The van der Waals surface area contributed by atoms with Gasteiger partial charge in [0.25, 0.3) is 0 Å². The first-order chi connectivity index (χ1) is 8.73. The second-order valence-corrected chi connectivity index (χ2v) is 7.40. The number of halogens is 1. The molecule has 1 aromatic rings. The third-order valence-corrected chi connectivity index (χ3v) is 4.68. The molecule has 7 heteroatoms. The quantitative estimate of drug-likeness (QED) is 0.878. The van der Waals surface area contributed by atoms with E-state index in [0.717, 1.165) is 8.78 Å². The molecule has 1 amide bonds. The predicted octanol–water partition coefficient (Wildman–Crippen LogP) is 1.59. The van der Waals surface area contributed by atoms with Gasteiger partial charge in [-0.3, -0.25) is 4.79 Å². The maximum Gasteiger partial charge on any atom is 0.243 e. The lowest BCUT2D eigenvalue weighted by Crippen LogP contribution is -2.40. The van der Waals surface area contributed by atoms with Gasteiger partial charge in [0.1, 0.15) is 0 Å². The smallest absolute Gasteiger partial charge is 0.243 e. The van der Waals surface area contributed by atoms with Crippen LogP contribution in [-0.4, -0.2) is 38.3 Å². The molecule has 0 unspecified atom stereocenters. The highest BCUT2D eigenvalue weighted by Crippen LogP contribution is 2.17. The van der Waals surface area contributed by atoms with Crippen LogP contribution in [-0.2, 0) is 14.8 Å². The normalized spacial score (nSPS) is 11.9. The number of nitrogens with zero attached hydrogens (tertiary/aromatic N) is 1. The lowest BCUT2D eigenvalue weighted by atomic mass is 10.4. The molecule has 0 bridgehead atoms. The summed E-state index contributed by atoms with van der Waals surface area (Å²) in [5, 5.41) is 2.65. The first-order valence-corrected chi connectivity index (χ1v) is 7.98. The second-order valence-electron chi connectivity index (χ2n) is 4.44. The Bertz CT molecular complexity index is 541. The number of amides is 1. The van der Waals surface area contributed by atoms with Gasteiger partial charge >= 0.3 is 0 Å². The average molecular weight is 349 g/mol. The van der Waals surface area contributed by atoms with Gasteiger partial charge in [-0.1, -0.05) is 15.9 Å². The molecule has 0 fully saturated rings. The summed E-state index contributed by atoms with van der Waals surface area (Å²) in [6.07, 6.45) is 0. The molecular formula is C12H17BrN2O3S. The maximum absolute atomic E-state index is 12.2. The number of nitrogens with one attached hydrogen (secondary N) is 1. The fourth-order valence-electron chi connectivity index (χ4n) is 1.44. The minimum atomic E-state index is -3.63. The summed E-state index contributed by atoms with van der Waals surface area (Å²) in [6.45, 7) is 3.44. The highest BCUT2D eigenvalue weighted by Gasteiger charge is 2.22. The molecule has 5 nitrogen and oxygen atoms in total. The number of carbonyl (C=O) groups excluding carboxylic acids is 1. The third kappa shape index (κ3) is 4.59. The van der Waals surface area contributed by atoms with Crippen LogP contribution in [0.25, 0.3) is 0 Å². The maximum atomic E-state index is 12.2. The molecule has 0 aliphatic carbocycles. The largest absolute Gasteiger partial charge is 0.353 e. The van der Waals surface area contributed by atoms with Crippen molar-refractivity contribution in [2.45, 2.75) is 24.8 Å². The van der Waals surface area contributed by atoms with Crippen molar-refractivity contribution in [1.82, 2.24) is 9.62 Å². The number of carbonyl (C=O) groups is 1. The van der Waals surface area contributed by atoms with Crippen molar-refractivity contribution in [1.29, 1.82) is 0 Å². The standard InChI is InChI=1S/C12H17BrN2O3S/c1-9(2)14-12(16)8-15(3)19(17,18)11-6-4-10(13)5-7-11/h4-7,9H,8H2,1-3H3,(H,14,16). The van der Waals surface area contributed by atoms with Crippen molar-refractivity contribution in [3.8, 4) is 0 Å². The zero-order chi connectivity index (χ0) is 14.6. The minimum absolute atomic E-state index is 0.0173. The van der Waals surface area contributed by atoms with Gasteiger partial charge in [0.2, 0.25) is 15.9 Å². The SMILES string of the molecule is CC(C)NC(=O)CN(C)S(=O)(=O)c1ccc(Br)cc1. The lowest BCUT2D eigenvalue weighted by molar-refractivity contribution is -0.121. The van der Waals surface area contributed by atoms with Crippen molar-refractivity contribution in [2.24, 2.45) is 0 Å². The van der Waals surface area contributed by atoms with E-state index in [9.17, 15) is 13.2 Å². The Morgan fingerprint density at radius 2 is 1.84 bits per heavy atom. The van der Waals surface area contributed by atoms with Gasteiger partial charge in [-0.2, -0.15) is 4.31 Å². The van der Waals surface area contributed by atoms with Crippen LogP contribution in [0.15, 0.2) is 33.6 Å². The van der Waals surface area contributed by atoms with Gasteiger partial charge < -0.3 is 5.32 Å². The zero-order valence-electron chi connectivity index (χ0n) is 11.1. The van der Waals surface area contributed by atoms with Gasteiger partial charge in [-0.05, 0) is 38.1 Å². The summed E-state index contributed by atoms with van der Waals surface area (Å²) < 4.78 is 26.2.